The summed E-state index contributed by atoms with van der Waals surface area (Å²) in [5.41, 5.74) is 0.364. The van der Waals surface area contributed by atoms with Gasteiger partial charge in [0.15, 0.2) is 0 Å². The molecular weight excluding hydrogens is 292 g/mol. The lowest BCUT2D eigenvalue weighted by molar-refractivity contribution is -0.252. The second-order valence-electron chi connectivity index (χ2n) is 5.29. The van der Waals surface area contributed by atoms with Gasteiger partial charge in [-0.2, -0.15) is 0 Å². The van der Waals surface area contributed by atoms with Crippen molar-refractivity contribution in [2.75, 3.05) is 35.0 Å². The average molecular weight is 314 g/mol. The zero-order valence-electron chi connectivity index (χ0n) is 13.3. The topological polar surface area (TPSA) is 80.3 Å². The Kier molecular flexibility index (Phi) is 5.20. The second-order valence-corrected chi connectivity index (χ2v) is 5.29. The lowest BCUT2D eigenvalue weighted by Crippen LogP contribution is -2.56. The molecule has 2 aliphatic rings. The molecule has 0 aromatic rings. The standard InChI is InChI=1S/C15H22O7/c1-18-13(16)10-5-6-11-9(7-8-22-11)12(10)15(20-3,21-4)14(17)19-2/h5,9,11-12H,6-8H2,1-4H3/t9-,11-,12+/m1/s1. The van der Waals surface area contributed by atoms with E-state index in [0.717, 1.165) is 0 Å². The zero-order chi connectivity index (χ0) is 16.3. The molecule has 1 aliphatic carbocycles. The van der Waals surface area contributed by atoms with Gasteiger partial charge in [-0.05, 0) is 12.8 Å². The van der Waals surface area contributed by atoms with Crippen molar-refractivity contribution in [2.24, 2.45) is 11.8 Å². The summed E-state index contributed by atoms with van der Waals surface area (Å²) in [6.45, 7) is 0.568. The van der Waals surface area contributed by atoms with Gasteiger partial charge >= 0.3 is 11.9 Å². The van der Waals surface area contributed by atoms with Crippen LogP contribution in [0.15, 0.2) is 11.6 Å². The summed E-state index contributed by atoms with van der Waals surface area (Å²) in [6.07, 6.45) is 2.96. The molecule has 1 saturated heterocycles. The number of hydrogen-bond acceptors (Lipinski definition) is 7. The quantitative estimate of drug-likeness (QED) is 0.545. The normalized spacial score (nSPS) is 27.8. The molecule has 7 nitrogen and oxygen atoms in total. The zero-order valence-corrected chi connectivity index (χ0v) is 13.3. The van der Waals surface area contributed by atoms with Gasteiger partial charge in [0.2, 0.25) is 0 Å². The Morgan fingerprint density at radius 1 is 1.18 bits per heavy atom. The van der Waals surface area contributed by atoms with Crippen molar-refractivity contribution in [3.8, 4) is 0 Å². The number of esters is 2. The summed E-state index contributed by atoms with van der Waals surface area (Å²) in [6, 6.07) is 0. The molecule has 1 aliphatic heterocycles. The largest absolute Gasteiger partial charge is 0.466 e. The number of rotatable bonds is 5. The average Bonchev–Trinajstić information content (AvgIpc) is 3.03. The van der Waals surface area contributed by atoms with Gasteiger partial charge in [0.05, 0.1) is 26.2 Å². The third-order valence-electron chi connectivity index (χ3n) is 4.50. The van der Waals surface area contributed by atoms with E-state index < -0.39 is 23.6 Å². The molecule has 3 atom stereocenters. The Bertz CT molecular complexity index is 467. The van der Waals surface area contributed by atoms with E-state index in [1.54, 1.807) is 6.08 Å². The number of carbonyl (C=O) groups is 2. The van der Waals surface area contributed by atoms with Crippen molar-refractivity contribution in [3.63, 3.8) is 0 Å². The van der Waals surface area contributed by atoms with E-state index in [2.05, 4.69) is 0 Å². The highest BCUT2D eigenvalue weighted by Gasteiger charge is 2.58. The van der Waals surface area contributed by atoms with Crippen LogP contribution in [0.2, 0.25) is 0 Å². The molecule has 0 radical (unpaired) electrons. The van der Waals surface area contributed by atoms with Gasteiger partial charge in [0, 0.05) is 32.3 Å². The molecule has 0 unspecified atom stereocenters. The second kappa shape index (κ2) is 6.76. The van der Waals surface area contributed by atoms with Crippen LogP contribution in [0.3, 0.4) is 0 Å². The molecule has 0 amide bonds. The van der Waals surface area contributed by atoms with Crippen LogP contribution >= 0.6 is 0 Å². The highest BCUT2D eigenvalue weighted by atomic mass is 16.7. The minimum absolute atomic E-state index is 0.0762. The van der Waals surface area contributed by atoms with Crippen molar-refractivity contribution < 1.29 is 33.3 Å². The maximum absolute atomic E-state index is 12.3. The SMILES string of the molecule is COC(=O)C1=CC[C@H]2OCC[C@H]2[C@@H]1C(OC)(OC)C(=O)OC. The van der Waals surface area contributed by atoms with E-state index in [1.807, 2.05) is 0 Å². The van der Waals surface area contributed by atoms with Crippen LogP contribution in [-0.4, -0.2) is 58.9 Å². The maximum Gasteiger partial charge on any atom is 0.367 e. The third-order valence-corrected chi connectivity index (χ3v) is 4.50. The molecule has 0 bridgehead atoms. The molecule has 22 heavy (non-hydrogen) atoms. The Hall–Kier alpha value is -1.44. The van der Waals surface area contributed by atoms with Gasteiger partial charge in [-0.1, -0.05) is 6.08 Å². The Morgan fingerprint density at radius 3 is 2.41 bits per heavy atom. The smallest absolute Gasteiger partial charge is 0.367 e. The molecule has 0 saturated carbocycles. The van der Waals surface area contributed by atoms with Gasteiger partial charge in [-0.3, -0.25) is 0 Å². The monoisotopic (exact) mass is 314 g/mol. The Morgan fingerprint density at radius 2 is 1.86 bits per heavy atom. The van der Waals surface area contributed by atoms with Crippen LogP contribution in [0.25, 0.3) is 0 Å². The molecule has 0 aromatic carbocycles. The van der Waals surface area contributed by atoms with Crippen LogP contribution in [0, 0.1) is 11.8 Å². The summed E-state index contributed by atoms with van der Waals surface area (Å²) in [5.74, 6) is -3.63. The van der Waals surface area contributed by atoms with Gasteiger partial charge in [-0.25, -0.2) is 9.59 Å². The molecule has 0 N–H and O–H groups in total. The number of ether oxygens (including phenoxy) is 5. The van der Waals surface area contributed by atoms with Crippen molar-refractivity contribution in [1.82, 2.24) is 0 Å². The van der Waals surface area contributed by atoms with Crippen molar-refractivity contribution in [3.05, 3.63) is 11.6 Å². The lowest BCUT2D eigenvalue weighted by Gasteiger charge is -2.42. The highest BCUT2D eigenvalue weighted by Crippen LogP contribution is 2.46. The molecular formula is C15H22O7. The van der Waals surface area contributed by atoms with E-state index in [9.17, 15) is 9.59 Å². The predicted octanol–water partition coefficient (Wildman–Crippen LogP) is 0.673. The molecule has 0 spiro atoms. The lowest BCUT2D eigenvalue weighted by atomic mass is 9.71. The molecule has 1 fully saturated rings. The molecule has 1 heterocycles. The maximum atomic E-state index is 12.3. The summed E-state index contributed by atoms with van der Waals surface area (Å²) in [4.78, 5) is 24.5. The van der Waals surface area contributed by atoms with Crippen molar-refractivity contribution >= 4 is 11.9 Å². The summed E-state index contributed by atoms with van der Waals surface area (Å²) in [7, 11) is 5.27. The van der Waals surface area contributed by atoms with Gasteiger partial charge in [0.25, 0.3) is 5.79 Å². The first-order valence-corrected chi connectivity index (χ1v) is 7.14. The first kappa shape index (κ1) is 16.9. The summed E-state index contributed by atoms with van der Waals surface area (Å²) >= 11 is 0. The van der Waals surface area contributed by atoms with Crippen LogP contribution in [0.5, 0.6) is 0 Å². The molecule has 7 heteroatoms. The highest BCUT2D eigenvalue weighted by molar-refractivity contribution is 5.91. The van der Waals surface area contributed by atoms with Crippen LogP contribution in [0.4, 0.5) is 0 Å². The molecule has 0 aromatic heterocycles. The van der Waals surface area contributed by atoms with Gasteiger partial charge < -0.3 is 23.7 Å². The number of fused-ring (bicyclic) bond motifs is 1. The predicted molar refractivity (Wildman–Crippen MR) is 74.8 cm³/mol. The number of hydrogen-bond donors (Lipinski definition) is 0. The van der Waals surface area contributed by atoms with Crippen LogP contribution in [-0.2, 0) is 33.3 Å². The van der Waals surface area contributed by atoms with Crippen molar-refractivity contribution in [1.29, 1.82) is 0 Å². The molecule has 124 valence electrons. The third kappa shape index (κ3) is 2.53. The summed E-state index contributed by atoms with van der Waals surface area (Å²) < 4.78 is 26.2. The Balaban J connectivity index is 2.52. The van der Waals surface area contributed by atoms with Gasteiger partial charge in [0.1, 0.15) is 0 Å². The fraction of sp³-hybridized carbons (Fsp3) is 0.733. The van der Waals surface area contributed by atoms with E-state index in [1.165, 1.54) is 28.4 Å². The van der Waals surface area contributed by atoms with Crippen LogP contribution < -0.4 is 0 Å². The van der Waals surface area contributed by atoms with E-state index in [0.29, 0.717) is 25.0 Å². The van der Waals surface area contributed by atoms with E-state index in [-0.39, 0.29) is 12.0 Å². The van der Waals surface area contributed by atoms with E-state index in [4.69, 9.17) is 23.7 Å². The molecule has 2 rings (SSSR count). The first-order chi connectivity index (χ1) is 10.6. The fourth-order valence-corrected chi connectivity index (χ4v) is 3.48. The Labute approximate surface area is 129 Å². The van der Waals surface area contributed by atoms with Crippen molar-refractivity contribution in [2.45, 2.75) is 24.7 Å². The fourth-order valence-electron chi connectivity index (χ4n) is 3.48. The minimum atomic E-state index is -1.70. The number of methoxy groups -OCH3 is 4. The van der Waals surface area contributed by atoms with Crippen LogP contribution in [0.1, 0.15) is 12.8 Å². The first-order valence-electron chi connectivity index (χ1n) is 7.14. The van der Waals surface area contributed by atoms with E-state index >= 15 is 0 Å². The minimum Gasteiger partial charge on any atom is -0.466 e. The summed E-state index contributed by atoms with van der Waals surface area (Å²) in [5, 5.41) is 0. The number of carbonyl (C=O) groups excluding carboxylic acids is 2. The van der Waals surface area contributed by atoms with Gasteiger partial charge in [-0.15, -0.1) is 0 Å².